The van der Waals surface area contributed by atoms with Crippen molar-refractivity contribution >= 4 is 0 Å². The van der Waals surface area contributed by atoms with Crippen LogP contribution in [0.3, 0.4) is 0 Å². The van der Waals surface area contributed by atoms with Crippen molar-refractivity contribution in [1.29, 1.82) is 0 Å². The van der Waals surface area contributed by atoms with Crippen molar-refractivity contribution in [3.8, 4) is 0 Å². The van der Waals surface area contributed by atoms with E-state index in [1.165, 1.54) is 44.9 Å². The molecule has 15 heavy (non-hydrogen) atoms. The van der Waals surface area contributed by atoms with E-state index in [9.17, 15) is 5.11 Å². The molecule has 4 atom stereocenters. The molecule has 1 nitrogen and oxygen atoms in total. The molecule has 0 heterocycles. The van der Waals surface area contributed by atoms with Crippen molar-refractivity contribution in [2.24, 2.45) is 23.7 Å². The normalized spacial score (nSPS) is 39.8. The van der Waals surface area contributed by atoms with E-state index in [4.69, 9.17) is 0 Å². The second-order valence-corrected chi connectivity index (χ2v) is 5.83. The lowest BCUT2D eigenvalue weighted by Crippen LogP contribution is -2.29. The fourth-order valence-corrected chi connectivity index (χ4v) is 3.87. The molecule has 88 valence electrons. The van der Waals surface area contributed by atoms with Crippen LogP contribution >= 0.6 is 0 Å². The standard InChI is InChI=1S/C14H26O/c1-3-10(2)12-8-9-13(14(12)15)11-6-4-5-7-11/h10-15H,3-9H2,1-2H3. The van der Waals surface area contributed by atoms with Gasteiger partial charge in [-0.25, -0.2) is 0 Å². The highest BCUT2D eigenvalue weighted by molar-refractivity contribution is 4.91. The second-order valence-electron chi connectivity index (χ2n) is 5.83. The number of hydrogen-bond donors (Lipinski definition) is 1. The summed E-state index contributed by atoms with van der Waals surface area (Å²) in [6.45, 7) is 4.56. The lowest BCUT2D eigenvalue weighted by atomic mass is 9.83. The van der Waals surface area contributed by atoms with Crippen LogP contribution in [-0.2, 0) is 0 Å². The SMILES string of the molecule is CCC(C)C1CCC(C2CCCC2)C1O. The summed E-state index contributed by atoms with van der Waals surface area (Å²) < 4.78 is 0. The Morgan fingerprint density at radius 2 is 1.80 bits per heavy atom. The maximum absolute atomic E-state index is 10.4. The van der Waals surface area contributed by atoms with Gasteiger partial charge in [-0.2, -0.15) is 0 Å². The zero-order valence-electron chi connectivity index (χ0n) is 10.3. The van der Waals surface area contributed by atoms with E-state index in [1.807, 2.05) is 0 Å². The van der Waals surface area contributed by atoms with Crippen LogP contribution in [0.25, 0.3) is 0 Å². The van der Waals surface area contributed by atoms with Crippen LogP contribution in [-0.4, -0.2) is 11.2 Å². The molecule has 2 aliphatic rings. The van der Waals surface area contributed by atoms with Crippen LogP contribution in [0.2, 0.25) is 0 Å². The van der Waals surface area contributed by atoms with E-state index in [-0.39, 0.29) is 6.10 Å². The molecule has 0 aromatic rings. The summed E-state index contributed by atoms with van der Waals surface area (Å²) >= 11 is 0. The molecule has 2 aliphatic carbocycles. The monoisotopic (exact) mass is 210 g/mol. The Morgan fingerprint density at radius 3 is 2.40 bits per heavy atom. The third-order valence-electron chi connectivity index (χ3n) is 5.09. The van der Waals surface area contributed by atoms with Gasteiger partial charge in [0.05, 0.1) is 6.10 Å². The summed E-state index contributed by atoms with van der Waals surface area (Å²) in [6, 6.07) is 0. The average Bonchev–Trinajstić information content (AvgIpc) is 2.85. The average molecular weight is 210 g/mol. The second kappa shape index (κ2) is 4.86. The molecule has 0 aromatic carbocycles. The Kier molecular flexibility index (Phi) is 3.71. The van der Waals surface area contributed by atoms with Crippen LogP contribution in [0.5, 0.6) is 0 Å². The minimum Gasteiger partial charge on any atom is -0.393 e. The van der Waals surface area contributed by atoms with E-state index in [0.717, 1.165) is 5.92 Å². The van der Waals surface area contributed by atoms with Crippen molar-refractivity contribution in [2.75, 3.05) is 0 Å². The van der Waals surface area contributed by atoms with Gasteiger partial charge < -0.3 is 5.11 Å². The number of hydrogen-bond acceptors (Lipinski definition) is 1. The van der Waals surface area contributed by atoms with E-state index in [1.54, 1.807) is 0 Å². The Morgan fingerprint density at radius 1 is 1.13 bits per heavy atom. The Balaban J connectivity index is 1.93. The zero-order valence-corrected chi connectivity index (χ0v) is 10.3. The van der Waals surface area contributed by atoms with Crippen LogP contribution in [0.1, 0.15) is 58.8 Å². The third-order valence-corrected chi connectivity index (χ3v) is 5.09. The van der Waals surface area contributed by atoms with Crippen molar-refractivity contribution in [1.82, 2.24) is 0 Å². The number of rotatable bonds is 3. The summed E-state index contributed by atoms with van der Waals surface area (Å²) in [7, 11) is 0. The smallest absolute Gasteiger partial charge is 0.0601 e. The first-order valence-corrected chi connectivity index (χ1v) is 6.92. The topological polar surface area (TPSA) is 20.2 Å². The minimum atomic E-state index is 0.0167. The van der Waals surface area contributed by atoms with E-state index in [0.29, 0.717) is 17.8 Å². The van der Waals surface area contributed by atoms with Gasteiger partial charge in [0.2, 0.25) is 0 Å². The molecule has 0 amide bonds. The van der Waals surface area contributed by atoms with Crippen LogP contribution in [0.15, 0.2) is 0 Å². The van der Waals surface area contributed by atoms with Gasteiger partial charge in [-0.15, -0.1) is 0 Å². The molecule has 0 aromatic heterocycles. The van der Waals surface area contributed by atoms with Crippen molar-refractivity contribution < 1.29 is 5.11 Å². The Hall–Kier alpha value is -0.0400. The van der Waals surface area contributed by atoms with Crippen LogP contribution in [0, 0.1) is 23.7 Å². The third kappa shape index (κ3) is 2.22. The molecule has 1 heteroatoms. The van der Waals surface area contributed by atoms with E-state index >= 15 is 0 Å². The highest BCUT2D eigenvalue weighted by Gasteiger charge is 2.41. The fourth-order valence-electron chi connectivity index (χ4n) is 3.87. The van der Waals surface area contributed by atoms with E-state index < -0.39 is 0 Å². The van der Waals surface area contributed by atoms with Gasteiger partial charge in [-0.05, 0) is 36.5 Å². The molecule has 0 radical (unpaired) electrons. The first-order valence-electron chi connectivity index (χ1n) is 6.92. The molecule has 0 saturated heterocycles. The summed E-state index contributed by atoms with van der Waals surface area (Å²) in [6.07, 6.45) is 9.38. The summed E-state index contributed by atoms with van der Waals surface area (Å²) in [5.74, 6) is 2.81. The predicted octanol–water partition coefficient (Wildman–Crippen LogP) is 3.61. The summed E-state index contributed by atoms with van der Waals surface area (Å²) in [5.41, 5.74) is 0. The van der Waals surface area contributed by atoms with Gasteiger partial charge in [-0.1, -0.05) is 46.0 Å². The fraction of sp³-hybridized carbons (Fsp3) is 1.00. The molecular weight excluding hydrogens is 184 g/mol. The molecule has 2 rings (SSSR count). The largest absolute Gasteiger partial charge is 0.393 e. The Labute approximate surface area is 94.3 Å². The lowest BCUT2D eigenvalue weighted by molar-refractivity contribution is 0.0453. The van der Waals surface area contributed by atoms with Gasteiger partial charge >= 0.3 is 0 Å². The molecule has 4 unspecified atom stereocenters. The minimum absolute atomic E-state index is 0.0167. The molecule has 0 bridgehead atoms. The van der Waals surface area contributed by atoms with Gasteiger partial charge in [0.25, 0.3) is 0 Å². The van der Waals surface area contributed by atoms with Gasteiger partial charge in [0, 0.05) is 0 Å². The van der Waals surface area contributed by atoms with Crippen molar-refractivity contribution in [2.45, 2.75) is 64.9 Å². The quantitative estimate of drug-likeness (QED) is 0.754. The molecule has 0 spiro atoms. The highest BCUT2D eigenvalue weighted by atomic mass is 16.3. The molecule has 2 saturated carbocycles. The number of aliphatic hydroxyl groups is 1. The van der Waals surface area contributed by atoms with Crippen molar-refractivity contribution in [3.63, 3.8) is 0 Å². The number of aliphatic hydroxyl groups excluding tert-OH is 1. The first kappa shape index (κ1) is 11.4. The molecule has 0 aliphatic heterocycles. The van der Waals surface area contributed by atoms with Gasteiger partial charge in [0.15, 0.2) is 0 Å². The molecule has 1 N–H and O–H groups in total. The van der Waals surface area contributed by atoms with E-state index in [2.05, 4.69) is 13.8 Å². The van der Waals surface area contributed by atoms with Gasteiger partial charge in [-0.3, -0.25) is 0 Å². The maximum atomic E-state index is 10.4. The Bertz CT molecular complexity index is 196. The summed E-state index contributed by atoms with van der Waals surface area (Å²) in [5, 5.41) is 10.4. The van der Waals surface area contributed by atoms with Crippen LogP contribution < -0.4 is 0 Å². The zero-order chi connectivity index (χ0) is 10.8. The first-order chi connectivity index (χ1) is 7.24. The lowest BCUT2D eigenvalue weighted by Gasteiger charge is -2.27. The van der Waals surface area contributed by atoms with Crippen LogP contribution in [0.4, 0.5) is 0 Å². The van der Waals surface area contributed by atoms with Gasteiger partial charge in [0.1, 0.15) is 0 Å². The molecular formula is C14H26O. The maximum Gasteiger partial charge on any atom is 0.0601 e. The van der Waals surface area contributed by atoms with Crippen molar-refractivity contribution in [3.05, 3.63) is 0 Å². The molecule has 2 fully saturated rings. The predicted molar refractivity (Wildman–Crippen MR) is 63.6 cm³/mol. The summed E-state index contributed by atoms with van der Waals surface area (Å²) in [4.78, 5) is 0. The highest BCUT2D eigenvalue weighted by Crippen LogP contribution is 2.45.